The zero-order valence-corrected chi connectivity index (χ0v) is 12.4. The van der Waals surface area contributed by atoms with Crippen LogP contribution in [-0.2, 0) is 11.3 Å². The number of hydrogen-bond acceptors (Lipinski definition) is 4. The Hall–Kier alpha value is -1.75. The first-order chi connectivity index (χ1) is 9.52. The van der Waals surface area contributed by atoms with E-state index < -0.39 is 0 Å². The number of nitrogens with zero attached hydrogens (tertiary/aromatic N) is 2. The fraction of sp³-hybridized carbons (Fsp3) is 0.533. The van der Waals surface area contributed by atoms with Crippen LogP contribution in [0.1, 0.15) is 18.4 Å². The van der Waals surface area contributed by atoms with Gasteiger partial charge in [-0.15, -0.1) is 0 Å². The largest absolute Gasteiger partial charge is 0.496 e. The molecular weight excluding hydrogens is 254 g/mol. The lowest BCUT2D eigenvalue weighted by Crippen LogP contribution is -2.42. The van der Waals surface area contributed by atoms with Crippen LogP contribution in [0.15, 0.2) is 18.2 Å². The minimum Gasteiger partial charge on any atom is -0.496 e. The summed E-state index contributed by atoms with van der Waals surface area (Å²) in [6, 6.07) is 5.65. The van der Waals surface area contributed by atoms with Gasteiger partial charge in [-0.2, -0.15) is 0 Å². The van der Waals surface area contributed by atoms with E-state index in [2.05, 4.69) is 4.90 Å². The van der Waals surface area contributed by atoms with Crippen LogP contribution in [0.3, 0.4) is 0 Å². The van der Waals surface area contributed by atoms with Crippen molar-refractivity contribution in [3.63, 3.8) is 0 Å². The van der Waals surface area contributed by atoms with E-state index in [1.807, 2.05) is 32.3 Å². The molecule has 1 aliphatic rings. The third-order valence-corrected chi connectivity index (χ3v) is 3.77. The maximum absolute atomic E-state index is 12.2. The zero-order chi connectivity index (χ0) is 14.7. The van der Waals surface area contributed by atoms with E-state index >= 15 is 0 Å². The molecule has 5 heteroatoms. The predicted molar refractivity (Wildman–Crippen MR) is 79.5 cm³/mol. The summed E-state index contributed by atoms with van der Waals surface area (Å²) in [5, 5.41) is 0. The van der Waals surface area contributed by atoms with Crippen molar-refractivity contribution in [1.82, 2.24) is 9.80 Å². The highest BCUT2D eigenvalue weighted by molar-refractivity contribution is 5.81. The van der Waals surface area contributed by atoms with E-state index in [-0.39, 0.29) is 11.9 Å². The molecular formula is C15H23N3O2. The molecule has 0 saturated carbocycles. The minimum absolute atomic E-state index is 0.0211. The average molecular weight is 277 g/mol. The van der Waals surface area contributed by atoms with Gasteiger partial charge in [0.05, 0.1) is 13.2 Å². The Balaban J connectivity index is 2.14. The highest BCUT2D eigenvalue weighted by Crippen LogP contribution is 2.27. The topological polar surface area (TPSA) is 58.8 Å². The normalized spacial score (nSPS) is 19.1. The van der Waals surface area contributed by atoms with Gasteiger partial charge in [0.2, 0.25) is 5.91 Å². The van der Waals surface area contributed by atoms with Gasteiger partial charge < -0.3 is 15.4 Å². The first kappa shape index (κ1) is 14.7. The van der Waals surface area contributed by atoms with Gasteiger partial charge in [-0.1, -0.05) is 6.07 Å². The number of rotatable bonds is 4. The molecule has 1 unspecified atom stereocenters. The highest BCUT2D eigenvalue weighted by Gasteiger charge is 2.31. The highest BCUT2D eigenvalue weighted by atomic mass is 16.5. The Bertz CT molecular complexity index is 488. The second-order valence-electron chi connectivity index (χ2n) is 5.43. The summed E-state index contributed by atoms with van der Waals surface area (Å²) in [6.45, 7) is 1.66. The number of nitrogens with two attached hydrogens (primary N) is 1. The van der Waals surface area contributed by atoms with Gasteiger partial charge in [-0.3, -0.25) is 9.69 Å². The monoisotopic (exact) mass is 277 g/mol. The molecule has 0 bridgehead atoms. The van der Waals surface area contributed by atoms with Crippen molar-refractivity contribution in [2.24, 2.45) is 0 Å². The van der Waals surface area contributed by atoms with Crippen molar-refractivity contribution in [3.8, 4) is 5.75 Å². The molecule has 1 saturated heterocycles. The van der Waals surface area contributed by atoms with Crippen molar-refractivity contribution in [1.29, 1.82) is 0 Å². The molecule has 1 aromatic rings. The van der Waals surface area contributed by atoms with E-state index in [9.17, 15) is 4.79 Å². The number of benzene rings is 1. The summed E-state index contributed by atoms with van der Waals surface area (Å²) in [4.78, 5) is 16.1. The number of likely N-dealkylation sites (tertiary alicyclic amines) is 1. The summed E-state index contributed by atoms with van der Waals surface area (Å²) in [5.41, 5.74) is 7.53. The molecule has 20 heavy (non-hydrogen) atoms. The molecule has 0 aromatic heterocycles. The molecule has 1 heterocycles. The fourth-order valence-electron chi connectivity index (χ4n) is 2.70. The van der Waals surface area contributed by atoms with Gasteiger partial charge in [0, 0.05) is 38.0 Å². The van der Waals surface area contributed by atoms with Gasteiger partial charge in [0.1, 0.15) is 5.75 Å². The molecule has 1 aliphatic heterocycles. The van der Waals surface area contributed by atoms with Crippen molar-refractivity contribution < 1.29 is 9.53 Å². The minimum atomic E-state index is -0.0211. The lowest BCUT2D eigenvalue weighted by atomic mass is 10.1. The van der Waals surface area contributed by atoms with E-state index in [1.54, 1.807) is 12.0 Å². The molecule has 5 nitrogen and oxygen atoms in total. The molecule has 0 aliphatic carbocycles. The lowest BCUT2D eigenvalue weighted by molar-refractivity contribution is -0.133. The summed E-state index contributed by atoms with van der Waals surface area (Å²) >= 11 is 0. The van der Waals surface area contributed by atoms with E-state index in [1.165, 1.54) is 0 Å². The molecule has 110 valence electrons. The van der Waals surface area contributed by atoms with Gasteiger partial charge >= 0.3 is 0 Å². The van der Waals surface area contributed by atoms with E-state index in [0.717, 1.165) is 30.7 Å². The molecule has 1 amide bonds. The van der Waals surface area contributed by atoms with Gasteiger partial charge in [-0.25, -0.2) is 0 Å². The van der Waals surface area contributed by atoms with Crippen molar-refractivity contribution in [2.45, 2.75) is 25.4 Å². The van der Waals surface area contributed by atoms with Crippen LogP contribution in [0.4, 0.5) is 5.69 Å². The van der Waals surface area contributed by atoms with Crippen LogP contribution >= 0.6 is 0 Å². The Kier molecular flexibility index (Phi) is 4.49. The Morgan fingerprint density at radius 3 is 2.90 bits per heavy atom. The van der Waals surface area contributed by atoms with Gasteiger partial charge in [-0.05, 0) is 25.5 Å². The maximum Gasteiger partial charge on any atom is 0.239 e. The molecule has 1 atom stereocenters. The number of amides is 1. The SMILES string of the molecule is COc1cc(N)ccc1CN1CCCC1C(=O)N(C)C. The lowest BCUT2D eigenvalue weighted by Gasteiger charge is -2.26. The van der Waals surface area contributed by atoms with Crippen LogP contribution in [-0.4, -0.2) is 49.5 Å². The summed E-state index contributed by atoms with van der Waals surface area (Å²) < 4.78 is 5.38. The number of hydrogen-bond donors (Lipinski definition) is 1. The van der Waals surface area contributed by atoms with Crippen molar-refractivity contribution >= 4 is 11.6 Å². The number of likely N-dealkylation sites (N-methyl/N-ethyl adjacent to an activating group) is 1. The molecule has 1 fully saturated rings. The summed E-state index contributed by atoms with van der Waals surface area (Å²) in [5.74, 6) is 0.963. The third-order valence-electron chi connectivity index (χ3n) is 3.77. The second kappa shape index (κ2) is 6.13. The van der Waals surface area contributed by atoms with Crippen LogP contribution in [0.5, 0.6) is 5.75 Å². The van der Waals surface area contributed by atoms with E-state index in [4.69, 9.17) is 10.5 Å². The van der Waals surface area contributed by atoms with Crippen LogP contribution in [0, 0.1) is 0 Å². The van der Waals surface area contributed by atoms with E-state index in [0.29, 0.717) is 12.2 Å². The van der Waals surface area contributed by atoms with Gasteiger partial charge in [0.25, 0.3) is 0 Å². The number of anilines is 1. The Labute approximate surface area is 120 Å². The van der Waals surface area contributed by atoms with Crippen LogP contribution in [0.25, 0.3) is 0 Å². The number of carbonyl (C=O) groups excluding carboxylic acids is 1. The smallest absolute Gasteiger partial charge is 0.239 e. The first-order valence-electron chi connectivity index (χ1n) is 6.90. The number of nitrogen functional groups attached to an aromatic ring is 1. The van der Waals surface area contributed by atoms with Crippen molar-refractivity contribution in [2.75, 3.05) is 33.5 Å². The fourth-order valence-corrected chi connectivity index (χ4v) is 2.70. The molecule has 2 N–H and O–H groups in total. The molecule has 0 radical (unpaired) electrons. The zero-order valence-electron chi connectivity index (χ0n) is 12.4. The quantitative estimate of drug-likeness (QED) is 0.844. The first-order valence-corrected chi connectivity index (χ1v) is 6.90. The van der Waals surface area contributed by atoms with Crippen molar-refractivity contribution in [3.05, 3.63) is 23.8 Å². The predicted octanol–water partition coefficient (Wildman–Crippen LogP) is 1.33. The Morgan fingerprint density at radius 1 is 1.50 bits per heavy atom. The third kappa shape index (κ3) is 3.04. The average Bonchev–Trinajstić information content (AvgIpc) is 2.87. The number of methoxy groups -OCH3 is 1. The van der Waals surface area contributed by atoms with Gasteiger partial charge in [0.15, 0.2) is 0 Å². The van der Waals surface area contributed by atoms with Crippen LogP contribution in [0.2, 0.25) is 0 Å². The summed E-state index contributed by atoms with van der Waals surface area (Å²) in [7, 11) is 5.26. The molecule has 2 rings (SSSR count). The summed E-state index contributed by atoms with van der Waals surface area (Å²) in [6.07, 6.45) is 1.98. The second-order valence-corrected chi connectivity index (χ2v) is 5.43. The molecule has 0 spiro atoms. The Morgan fingerprint density at radius 2 is 2.25 bits per heavy atom. The standard InChI is InChI=1S/C15H23N3O2/c1-17(2)15(19)13-5-4-8-18(13)10-11-6-7-12(16)9-14(11)20-3/h6-7,9,13H,4-5,8,10,16H2,1-3H3. The molecule has 1 aromatic carbocycles. The maximum atomic E-state index is 12.2. The van der Waals surface area contributed by atoms with Crippen LogP contribution < -0.4 is 10.5 Å². The number of ether oxygens (including phenoxy) is 1. The number of carbonyl (C=O) groups is 1.